The van der Waals surface area contributed by atoms with Crippen molar-refractivity contribution in [3.63, 3.8) is 0 Å². The zero-order valence-electron chi connectivity index (χ0n) is 6.22. The molecule has 4 heteroatoms. The van der Waals surface area contributed by atoms with E-state index in [-0.39, 0.29) is 0 Å². The summed E-state index contributed by atoms with van der Waals surface area (Å²) in [4.78, 5) is 8.92. The van der Waals surface area contributed by atoms with Crippen LogP contribution >= 0.6 is 0 Å². The molecule has 9 heavy (non-hydrogen) atoms. The van der Waals surface area contributed by atoms with Crippen molar-refractivity contribution in [1.29, 1.82) is 0 Å². The molecule has 0 aromatic heterocycles. The van der Waals surface area contributed by atoms with Gasteiger partial charge in [-0.15, -0.1) is 6.58 Å². The van der Waals surface area contributed by atoms with Crippen LogP contribution in [0.3, 0.4) is 0 Å². The third kappa shape index (κ3) is 4.59. The van der Waals surface area contributed by atoms with Gasteiger partial charge in [-0.05, 0) is 19.6 Å². The predicted molar refractivity (Wildman–Crippen MR) is 44.0 cm³/mol. The fourth-order valence-electron chi connectivity index (χ4n) is 0.488. The Labute approximate surface area is 59.1 Å². The third-order valence-corrected chi connectivity index (χ3v) is 5.74. The van der Waals surface area contributed by atoms with Crippen LogP contribution in [0.15, 0.2) is 12.3 Å². The Morgan fingerprint density at radius 3 is 2.22 bits per heavy atom. The smallest absolute Gasteiger partial charge is 0.305 e. The van der Waals surface area contributed by atoms with Gasteiger partial charge in [0.1, 0.15) is 0 Å². The molecule has 0 aromatic carbocycles. The van der Waals surface area contributed by atoms with E-state index in [1.165, 1.54) is 0 Å². The van der Waals surface area contributed by atoms with Crippen molar-refractivity contribution >= 4 is 17.6 Å². The molecule has 0 fully saturated rings. The molecule has 0 spiro atoms. The highest BCUT2D eigenvalue weighted by atomic mass is 28.4. The van der Waals surface area contributed by atoms with Gasteiger partial charge >= 0.3 is 9.28 Å². The molecule has 0 radical (unpaired) electrons. The average Bonchev–Trinajstić information content (AvgIpc) is 1.63. The Bertz CT molecular complexity index is 101. The van der Waals surface area contributed by atoms with Crippen LogP contribution in [0.25, 0.3) is 0 Å². The monoisotopic (exact) mass is 162 g/mol. The van der Waals surface area contributed by atoms with Crippen molar-refractivity contribution < 1.29 is 8.91 Å². The van der Waals surface area contributed by atoms with E-state index >= 15 is 0 Å². The van der Waals surface area contributed by atoms with Crippen LogP contribution < -0.4 is 0 Å². The van der Waals surface area contributed by atoms with Crippen LogP contribution in [-0.4, -0.2) is 22.4 Å². The van der Waals surface area contributed by atoms with E-state index in [0.717, 1.165) is 0 Å². The number of rotatable bonds is 3. The lowest BCUT2D eigenvalue weighted by Crippen LogP contribution is -2.34. The molecule has 54 valence electrons. The summed E-state index contributed by atoms with van der Waals surface area (Å²) in [5, 5.41) is 0. The van der Waals surface area contributed by atoms with Gasteiger partial charge in [-0.2, -0.15) is 0 Å². The summed E-state index contributed by atoms with van der Waals surface area (Å²) < 4.78 is 5.30. The fraction of sp³-hybridized carbons (Fsp3) is 0.600. The highest BCUT2D eigenvalue weighted by molar-refractivity contribution is 6.80. The lowest BCUT2D eigenvalue weighted by atomic mass is 11.3. The first-order chi connectivity index (χ1) is 3.98. The molecule has 0 bridgehead atoms. The van der Waals surface area contributed by atoms with Crippen LogP contribution in [-0.2, 0) is 4.12 Å². The minimum absolute atomic E-state index is 1.66. The van der Waals surface area contributed by atoms with E-state index in [9.17, 15) is 0 Å². The van der Waals surface area contributed by atoms with Crippen molar-refractivity contribution in [3.8, 4) is 0 Å². The van der Waals surface area contributed by atoms with Crippen LogP contribution in [0, 0.1) is 0 Å². The van der Waals surface area contributed by atoms with Crippen LogP contribution in [0.5, 0.6) is 0 Å². The van der Waals surface area contributed by atoms with Gasteiger partial charge in [-0.3, -0.25) is 0 Å². The standard InChI is InChI=1S/C5H14O2Si2/c1-5-9(3,4)7-8(2)6/h5-6,8H,1H2,2-4H3. The SMILES string of the molecule is C=C[Si](C)(C)O[SiH](C)O. The first-order valence-corrected chi connectivity index (χ1v) is 8.10. The second-order valence-electron chi connectivity index (χ2n) is 2.52. The first kappa shape index (κ1) is 9.09. The van der Waals surface area contributed by atoms with E-state index < -0.39 is 17.6 Å². The summed E-state index contributed by atoms with van der Waals surface area (Å²) in [7, 11) is -3.49. The molecular formula is C5H14O2Si2. The molecule has 0 amide bonds. The van der Waals surface area contributed by atoms with Gasteiger partial charge in [-0.25, -0.2) is 0 Å². The molecule has 0 saturated carbocycles. The van der Waals surface area contributed by atoms with Crippen molar-refractivity contribution in [1.82, 2.24) is 0 Å². The van der Waals surface area contributed by atoms with Crippen LogP contribution in [0.4, 0.5) is 0 Å². The Kier molecular flexibility index (Phi) is 3.34. The van der Waals surface area contributed by atoms with Gasteiger partial charge in [0.05, 0.1) is 0 Å². The molecule has 1 atom stereocenters. The Morgan fingerprint density at radius 2 is 2.11 bits per heavy atom. The number of hydrogen-bond acceptors (Lipinski definition) is 2. The van der Waals surface area contributed by atoms with Gasteiger partial charge in [0, 0.05) is 0 Å². The molecule has 0 rings (SSSR count). The largest absolute Gasteiger partial charge is 0.435 e. The molecule has 0 aromatic rings. The summed E-state index contributed by atoms with van der Waals surface area (Å²) in [6.45, 7) is 9.41. The van der Waals surface area contributed by atoms with E-state index in [1.54, 1.807) is 6.55 Å². The quantitative estimate of drug-likeness (QED) is 0.621. The zero-order chi connectivity index (χ0) is 7.49. The van der Waals surface area contributed by atoms with E-state index in [0.29, 0.717) is 0 Å². The summed E-state index contributed by atoms with van der Waals surface area (Å²) in [6, 6.07) is 0. The molecule has 0 aliphatic heterocycles. The Hall–Kier alpha value is 0.0938. The Balaban J connectivity index is 3.71. The molecule has 0 heterocycles. The summed E-state index contributed by atoms with van der Waals surface area (Å²) >= 11 is 0. The van der Waals surface area contributed by atoms with E-state index in [1.807, 2.05) is 18.8 Å². The molecule has 1 unspecified atom stereocenters. The van der Waals surface area contributed by atoms with E-state index in [2.05, 4.69) is 6.58 Å². The lowest BCUT2D eigenvalue weighted by molar-refractivity contribution is 0.425. The maximum absolute atomic E-state index is 8.92. The maximum Gasteiger partial charge on any atom is 0.305 e. The maximum atomic E-state index is 8.92. The van der Waals surface area contributed by atoms with Crippen molar-refractivity contribution in [3.05, 3.63) is 12.3 Å². The lowest BCUT2D eigenvalue weighted by Gasteiger charge is -2.19. The normalized spacial score (nSPS) is 15.1. The summed E-state index contributed by atoms with van der Waals surface area (Å²) in [6.07, 6.45) is 0. The fourth-order valence-corrected chi connectivity index (χ4v) is 4.39. The highest BCUT2D eigenvalue weighted by Gasteiger charge is 2.19. The van der Waals surface area contributed by atoms with Gasteiger partial charge in [0.15, 0.2) is 8.32 Å². The molecule has 2 nitrogen and oxygen atoms in total. The van der Waals surface area contributed by atoms with Gasteiger partial charge < -0.3 is 8.91 Å². The Morgan fingerprint density at radius 1 is 1.67 bits per heavy atom. The minimum atomic E-state index is -1.82. The van der Waals surface area contributed by atoms with Crippen LogP contribution in [0.1, 0.15) is 0 Å². The number of hydrogen-bond donors (Lipinski definition) is 1. The van der Waals surface area contributed by atoms with E-state index in [4.69, 9.17) is 8.91 Å². The average molecular weight is 162 g/mol. The molecule has 0 aliphatic rings. The molecule has 0 saturated heterocycles. The van der Waals surface area contributed by atoms with Gasteiger partial charge in [-0.1, -0.05) is 5.70 Å². The van der Waals surface area contributed by atoms with Crippen LogP contribution in [0.2, 0.25) is 19.6 Å². The molecule has 0 aliphatic carbocycles. The summed E-state index contributed by atoms with van der Waals surface area (Å²) in [5.74, 6) is 0. The highest BCUT2D eigenvalue weighted by Crippen LogP contribution is 2.04. The van der Waals surface area contributed by atoms with Crippen molar-refractivity contribution in [2.75, 3.05) is 0 Å². The second kappa shape index (κ2) is 3.31. The van der Waals surface area contributed by atoms with Crippen molar-refractivity contribution in [2.24, 2.45) is 0 Å². The molecule has 1 N–H and O–H groups in total. The van der Waals surface area contributed by atoms with Crippen molar-refractivity contribution in [2.45, 2.75) is 19.6 Å². The zero-order valence-corrected chi connectivity index (χ0v) is 8.37. The third-order valence-electron chi connectivity index (χ3n) is 0.966. The minimum Gasteiger partial charge on any atom is -0.435 e. The summed E-state index contributed by atoms with van der Waals surface area (Å²) in [5.41, 5.74) is 1.83. The van der Waals surface area contributed by atoms with Gasteiger partial charge in [0.25, 0.3) is 0 Å². The molecular weight excluding hydrogens is 148 g/mol. The predicted octanol–water partition coefficient (Wildman–Crippen LogP) is 0.776. The second-order valence-corrected chi connectivity index (χ2v) is 8.28. The topological polar surface area (TPSA) is 29.5 Å². The van der Waals surface area contributed by atoms with Gasteiger partial charge in [0.2, 0.25) is 0 Å². The first-order valence-electron chi connectivity index (χ1n) is 2.97.